The maximum absolute atomic E-state index is 12.5. The van der Waals surface area contributed by atoms with Gasteiger partial charge < -0.3 is 10.6 Å². The van der Waals surface area contributed by atoms with Gasteiger partial charge in [-0.15, -0.1) is 0 Å². The summed E-state index contributed by atoms with van der Waals surface area (Å²) >= 11 is 5.13. The van der Waals surface area contributed by atoms with E-state index in [4.69, 9.17) is 12.2 Å². The fourth-order valence-electron chi connectivity index (χ4n) is 2.83. The number of hydrogen-bond acceptors (Lipinski definition) is 3. The number of benzene rings is 3. The molecule has 0 radical (unpaired) electrons. The van der Waals surface area contributed by atoms with Crippen LogP contribution in [0.2, 0.25) is 0 Å². The summed E-state index contributed by atoms with van der Waals surface area (Å²) in [6.07, 6.45) is 0. The van der Waals surface area contributed by atoms with E-state index in [1.165, 1.54) is 0 Å². The van der Waals surface area contributed by atoms with Crippen molar-refractivity contribution in [3.05, 3.63) is 108 Å². The molecule has 0 saturated heterocycles. The molecule has 0 unspecified atom stereocenters. The first-order valence-corrected chi connectivity index (χ1v) is 9.58. The molecule has 0 atom stereocenters. The summed E-state index contributed by atoms with van der Waals surface area (Å²) in [7, 11) is 0. The topological polar surface area (TPSA) is 70.2 Å². The highest BCUT2D eigenvalue weighted by Crippen LogP contribution is 2.21. The molecule has 0 aliphatic carbocycles. The monoisotopic (exact) mass is 403 g/mol. The van der Waals surface area contributed by atoms with Crippen molar-refractivity contribution >= 4 is 29.1 Å². The van der Waals surface area contributed by atoms with E-state index < -0.39 is 0 Å². The molecule has 3 aromatic rings. The first-order valence-electron chi connectivity index (χ1n) is 9.17. The van der Waals surface area contributed by atoms with E-state index in [1.54, 1.807) is 24.3 Å². The third kappa shape index (κ3) is 5.99. The van der Waals surface area contributed by atoms with Crippen LogP contribution in [0.1, 0.15) is 27.5 Å². The first kappa shape index (κ1) is 20.2. The Bertz CT molecular complexity index is 924. The largest absolute Gasteiger partial charge is 0.353 e. The highest BCUT2D eigenvalue weighted by atomic mass is 32.1. The summed E-state index contributed by atoms with van der Waals surface area (Å²) in [4.78, 5) is 24.6. The molecule has 3 N–H and O–H groups in total. The molecule has 0 fully saturated rings. The van der Waals surface area contributed by atoms with Crippen LogP contribution in [-0.2, 0) is 4.79 Å². The molecule has 3 aromatic carbocycles. The maximum atomic E-state index is 12.5. The van der Waals surface area contributed by atoms with Gasteiger partial charge in [-0.05, 0) is 35.5 Å². The van der Waals surface area contributed by atoms with Crippen LogP contribution >= 0.6 is 12.2 Å². The van der Waals surface area contributed by atoms with E-state index in [0.717, 1.165) is 11.1 Å². The molecule has 6 heteroatoms. The van der Waals surface area contributed by atoms with Crippen molar-refractivity contribution in [3.8, 4) is 0 Å². The normalized spacial score (nSPS) is 10.2. The van der Waals surface area contributed by atoms with Gasteiger partial charge in [0, 0.05) is 5.56 Å². The Balaban J connectivity index is 1.58. The fourth-order valence-corrected chi connectivity index (χ4v) is 3.00. The predicted molar refractivity (Wildman–Crippen MR) is 117 cm³/mol. The molecular weight excluding hydrogens is 382 g/mol. The third-order valence-electron chi connectivity index (χ3n) is 4.24. The average Bonchev–Trinajstić information content (AvgIpc) is 2.78. The molecule has 0 saturated carbocycles. The molecule has 3 rings (SSSR count). The van der Waals surface area contributed by atoms with E-state index in [-0.39, 0.29) is 29.5 Å². The Kier molecular flexibility index (Phi) is 7.08. The minimum Gasteiger partial charge on any atom is -0.353 e. The molecule has 0 heterocycles. The number of nitrogens with one attached hydrogen (secondary N) is 3. The number of amides is 2. The quantitative estimate of drug-likeness (QED) is 0.553. The van der Waals surface area contributed by atoms with Crippen molar-refractivity contribution in [1.82, 2.24) is 16.0 Å². The van der Waals surface area contributed by atoms with E-state index in [9.17, 15) is 9.59 Å². The summed E-state index contributed by atoms with van der Waals surface area (Å²) in [6.45, 7) is -0.0515. The second-order valence-electron chi connectivity index (χ2n) is 6.32. The first-order chi connectivity index (χ1) is 14.1. The van der Waals surface area contributed by atoms with Crippen molar-refractivity contribution in [2.75, 3.05) is 6.54 Å². The Hall–Kier alpha value is -3.51. The van der Waals surface area contributed by atoms with Crippen molar-refractivity contribution in [2.45, 2.75) is 6.04 Å². The summed E-state index contributed by atoms with van der Waals surface area (Å²) in [6, 6.07) is 27.9. The van der Waals surface area contributed by atoms with Crippen molar-refractivity contribution < 1.29 is 9.59 Å². The summed E-state index contributed by atoms with van der Waals surface area (Å²) in [5, 5.41) is 8.47. The third-order valence-corrected chi connectivity index (χ3v) is 4.49. The summed E-state index contributed by atoms with van der Waals surface area (Å²) in [5.41, 5.74) is 2.45. The summed E-state index contributed by atoms with van der Waals surface area (Å²) in [5.74, 6) is -0.561. The van der Waals surface area contributed by atoms with Gasteiger partial charge in [-0.25, -0.2) is 0 Å². The molecule has 0 bridgehead atoms. The van der Waals surface area contributed by atoms with Gasteiger partial charge in [-0.2, -0.15) is 0 Å². The van der Waals surface area contributed by atoms with Crippen LogP contribution in [-0.4, -0.2) is 23.5 Å². The number of rotatable bonds is 6. The van der Waals surface area contributed by atoms with Gasteiger partial charge in [0.2, 0.25) is 5.91 Å². The molecule has 0 aliphatic rings. The Morgan fingerprint density at radius 1 is 0.759 bits per heavy atom. The zero-order valence-corrected chi connectivity index (χ0v) is 16.5. The molecule has 2 amide bonds. The van der Waals surface area contributed by atoms with Gasteiger partial charge in [-0.1, -0.05) is 78.9 Å². The van der Waals surface area contributed by atoms with Crippen LogP contribution in [0.25, 0.3) is 0 Å². The molecule has 0 aliphatic heterocycles. The smallest absolute Gasteiger partial charge is 0.257 e. The van der Waals surface area contributed by atoms with Crippen molar-refractivity contribution in [3.63, 3.8) is 0 Å². The number of thiocarbonyl (C=S) groups is 1. The average molecular weight is 404 g/mol. The van der Waals surface area contributed by atoms with E-state index in [0.29, 0.717) is 5.56 Å². The van der Waals surface area contributed by atoms with Gasteiger partial charge in [0.15, 0.2) is 5.11 Å². The van der Waals surface area contributed by atoms with Crippen LogP contribution in [0.4, 0.5) is 0 Å². The summed E-state index contributed by atoms with van der Waals surface area (Å²) < 4.78 is 0. The standard InChI is InChI=1S/C23H21N3O2S/c27-20(16-24-23(29)26-22(28)19-14-8-3-9-15-19)25-21(17-10-4-1-5-11-17)18-12-6-2-7-13-18/h1-15,21H,16H2,(H,25,27)(H2,24,26,28,29). The van der Waals surface area contributed by atoms with Crippen LogP contribution in [0, 0.1) is 0 Å². The van der Waals surface area contributed by atoms with Gasteiger partial charge >= 0.3 is 0 Å². The lowest BCUT2D eigenvalue weighted by Gasteiger charge is -2.20. The molecular formula is C23H21N3O2S. The van der Waals surface area contributed by atoms with Crippen LogP contribution in [0.15, 0.2) is 91.0 Å². The van der Waals surface area contributed by atoms with Crippen LogP contribution < -0.4 is 16.0 Å². The van der Waals surface area contributed by atoms with Gasteiger partial charge in [0.25, 0.3) is 5.91 Å². The van der Waals surface area contributed by atoms with E-state index in [2.05, 4.69) is 16.0 Å². The molecule has 0 spiro atoms. The highest BCUT2D eigenvalue weighted by Gasteiger charge is 2.17. The minimum atomic E-state index is -0.324. The molecule has 5 nitrogen and oxygen atoms in total. The Morgan fingerprint density at radius 2 is 1.24 bits per heavy atom. The van der Waals surface area contributed by atoms with Gasteiger partial charge in [-0.3, -0.25) is 14.9 Å². The molecule has 146 valence electrons. The zero-order chi connectivity index (χ0) is 20.5. The maximum Gasteiger partial charge on any atom is 0.257 e. The minimum absolute atomic E-state index is 0.0515. The Labute approximate surface area is 175 Å². The van der Waals surface area contributed by atoms with E-state index in [1.807, 2.05) is 66.7 Å². The van der Waals surface area contributed by atoms with Crippen molar-refractivity contribution in [1.29, 1.82) is 0 Å². The van der Waals surface area contributed by atoms with Crippen LogP contribution in [0.3, 0.4) is 0 Å². The second-order valence-corrected chi connectivity index (χ2v) is 6.73. The highest BCUT2D eigenvalue weighted by molar-refractivity contribution is 7.80. The fraction of sp³-hybridized carbons (Fsp3) is 0.0870. The lowest BCUT2D eigenvalue weighted by atomic mass is 9.99. The zero-order valence-electron chi connectivity index (χ0n) is 15.7. The van der Waals surface area contributed by atoms with Crippen molar-refractivity contribution in [2.24, 2.45) is 0 Å². The van der Waals surface area contributed by atoms with Gasteiger partial charge in [0.1, 0.15) is 0 Å². The lowest BCUT2D eigenvalue weighted by Crippen LogP contribution is -2.44. The molecule has 0 aromatic heterocycles. The van der Waals surface area contributed by atoms with E-state index >= 15 is 0 Å². The van der Waals surface area contributed by atoms with Crippen LogP contribution in [0.5, 0.6) is 0 Å². The van der Waals surface area contributed by atoms with Gasteiger partial charge in [0.05, 0.1) is 12.6 Å². The predicted octanol–water partition coefficient (Wildman–Crippen LogP) is 3.20. The number of carbonyl (C=O) groups excluding carboxylic acids is 2. The number of hydrogen-bond donors (Lipinski definition) is 3. The Morgan fingerprint density at radius 3 is 1.76 bits per heavy atom. The SMILES string of the molecule is O=C(CNC(=S)NC(=O)c1ccccc1)NC(c1ccccc1)c1ccccc1. The molecule has 29 heavy (non-hydrogen) atoms. The lowest BCUT2D eigenvalue weighted by molar-refractivity contribution is -0.120. The second kappa shape index (κ2) is 10.1. The number of carbonyl (C=O) groups is 2.